The number of aromatic nitrogens is 2. The molecule has 0 aliphatic carbocycles. The van der Waals surface area contributed by atoms with Gasteiger partial charge in [-0.2, -0.15) is 5.10 Å². The van der Waals surface area contributed by atoms with Crippen molar-refractivity contribution in [2.45, 2.75) is 25.9 Å². The Labute approximate surface area is 134 Å². The van der Waals surface area contributed by atoms with Crippen LogP contribution in [0.15, 0.2) is 12.1 Å². The van der Waals surface area contributed by atoms with E-state index in [1.54, 1.807) is 11.0 Å². The molecule has 1 atom stereocenters. The van der Waals surface area contributed by atoms with Gasteiger partial charge in [0.05, 0.1) is 18.8 Å². The Kier molecular flexibility index (Phi) is 4.59. The standard InChI is InChI=1S/C15H20N4O4/c1-11-4-5-13(17-16-11)23-12-3-2-6-18(9-12)14(20)10-19-7-8-22-15(19)21/h4-5,12H,2-3,6-10H2,1H3. The molecule has 8 nitrogen and oxygen atoms in total. The molecule has 0 radical (unpaired) electrons. The lowest BCUT2D eigenvalue weighted by molar-refractivity contribution is -0.134. The predicted octanol–water partition coefficient (Wildman–Crippen LogP) is 0.607. The number of rotatable bonds is 4. The van der Waals surface area contributed by atoms with E-state index < -0.39 is 6.09 Å². The number of carbonyl (C=O) groups excluding carboxylic acids is 2. The molecule has 0 bridgehead atoms. The van der Waals surface area contributed by atoms with E-state index in [1.165, 1.54) is 4.90 Å². The zero-order valence-electron chi connectivity index (χ0n) is 13.1. The predicted molar refractivity (Wildman–Crippen MR) is 79.9 cm³/mol. The van der Waals surface area contributed by atoms with Gasteiger partial charge in [-0.3, -0.25) is 9.69 Å². The Bertz CT molecular complexity index is 577. The molecule has 2 amide bonds. The Hall–Kier alpha value is -2.38. The van der Waals surface area contributed by atoms with E-state index in [2.05, 4.69) is 10.2 Å². The van der Waals surface area contributed by atoms with Crippen molar-refractivity contribution in [1.29, 1.82) is 0 Å². The topological polar surface area (TPSA) is 84.9 Å². The summed E-state index contributed by atoms with van der Waals surface area (Å²) in [5.74, 6) is 0.394. The number of carbonyl (C=O) groups is 2. The van der Waals surface area contributed by atoms with Crippen molar-refractivity contribution in [1.82, 2.24) is 20.0 Å². The molecule has 23 heavy (non-hydrogen) atoms. The lowest BCUT2D eigenvalue weighted by atomic mass is 10.1. The van der Waals surface area contributed by atoms with Crippen LogP contribution in [0.5, 0.6) is 5.88 Å². The van der Waals surface area contributed by atoms with Crippen LogP contribution in [0, 0.1) is 6.92 Å². The summed E-state index contributed by atoms with van der Waals surface area (Å²) < 4.78 is 10.6. The summed E-state index contributed by atoms with van der Waals surface area (Å²) in [6, 6.07) is 3.62. The second kappa shape index (κ2) is 6.80. The Morgan fingerprint density at radius 3 is 2.96 bits per heavy atom. The third-order valence-electron chi connectivity index (χ3n) is 3.96. The average molecular weight is 320 g/mol. The molecule has 2 aliphatic heterocycles. The highest BCUT2D eigenvalue weighted by molar-refractivity contribution is 5.83. The second-order valence-corrected chi connectivity index (χ2v) is 5.77. The molecule has 3 rings (SSSR count). The quantitative estimate of drug-likeness (QED) is 0.808. The van der Waals surface area contributed by atoms with Crippen LogP contribution in [0.3, 0.4) is 0 Å². The van der Waals surface area contributed by atoms with Gasteiger partial charge in [-0.25, -0.2) is 4.79 Å². The first-order chi connectivity index (χ1) is 11.1. The fourth-order valence-corrected chi connectivity index (χ4v) is 2.71. The molecular formula is C15H20N4O4. The number of ether oxygens (including phenoxy) is 2. The third kappa shape index (κ3) is 3.88. The molecule has 2 aliphatic rings. The van der Waals surface area contributed by atoms with Crippen LogP contribution in [-0.2, 0) is 9.53 Å². The maximum absolute atomic E-state index is 12.3. The summed E-state index contributed by atoms with van der Waals surface area (Å²) in [7, 11) is 0. The van der Waals surface area contributed by atoms with Crippen LogP contribution in [0.1, 0.15) is 18.5 Å². The minimum Gasteiger partial charge on any atom is -0.471 e. The lowest BCUT2D eigenvalue weighted by Gasteiger charge is -2.33. The van der Waals surface area contributed by atoms with Gasteiger partial charge >= 0.3 is 6.09 Å². The number of likely N-dealkylation sites (tertiary alicyclic amines) is 1. The van der Waals surface area contributed by atoms with E-state index >= 15 is 0 Å². The molecule has 1 aromatic rings. The van der Waals surface area contributed by atoms with E-state index in [9.17, 15) is 9.59 Å². The van der Waals surface area contributed by atoms with E-state index in [0.717, 1.165) is 18.5 Å². The molecular weight excluding hydrogens is 300 g/mol. The van der Waals surface area contributed by atoms with E-state index in [-0.39, 0.29) is 18.6 Å². The molecule has 1 unspecified atom stereocenters. The Morgan fingerprint density at radius 1 is 1.39 bits per heavy atom. The molecule has 0 saturated carbocycles. The highest BCUT2D eigenvalue weighted by Gasteiger charge is 2.29. The van der Waals surface area contributed by atoms with Gasteiger partial charge in [0.25, 0.3) is 0 Å². The molecule has 2 saturated heterocycles. The van der Waals surface area contributed by atoms with Gasteiger partial charge < -0.3 is 14.4 Å². The van der Waals surface area contributed by atoms with Gasteiger partial charge in [0.1, 0.15) is 19.3 Å². The lowest BCUT2D eigenvalue weighted by Crippen LogP contribution is -2.48. The fourth-order valence-electron chi connectivity index (χ4n) is 2.71. The second-order valence-electron chi connectivity index (χ2n) is 5.77. The summed E-state index contributed by atoms with van der Waals surface area (Å²) in [4.78, 5) is 26.9. The van der Waals surface area contributed by atoms with Crippen molar-refractivity contribution in [2.24, 2.45) is 0 Å². The first-order valence-electron chi connectivity index (χ1n) is 7.78. The maximum Gasteiger partial charge on any atom is 0.410 e. The first kappa shape index (κ1) is 15.5. The zero-order chi connectivity index (χ0) is 16.2. The summed E-state index contributed by atoms with van der Waals surface area (Å²) >= 11 is 0. The molecule has 3 heterocycles. The zero-order valence-corrected chi connectivity index (χ0v) is 13.1. The van der Waals surface area contributed by atoms with Crippen molar-refractivity contribution in [3.63, 3.8) is 0 Å². The largest absolute Gasteiger partial charge is 0.471 e. The minimum atomic E-state index is -0.418. The molecule has 0 aromatic carbocycles. The van der Waals surface area contributed by atoms with Crippen molar-refractivity contribution in [2.75, 3.05) is 32.8 Å². The van der Waals surface area contributed by atoms with Crippen LogP contribution in [0.2, 0.25) is 0 Å². The van der Waals surface area contributed by atoms with Crippen LogP contribution >= 0.6 is 0 Å². The monoisotopic (exact) mass is 320 g/mol. The molecule has 0 spiro atoms. The normalized spacial score (nSPS) is 21.3. The van der Waals surface area contributed by atoms with Gasteiger partial charge in [-0.15, -0.1) is 5.10 Å². The first-order valence-corrected chi connectivity index (χ1v) is 7.78. The molecule has 8 heteroatoms. The summed E-state index contributed by atoms with van der Waals surface area (Å²) in [5, 5.41) is 7.95. The number of hydrogen-bond donors (Lipinski definition) is 0. The number of amides is 2. The number of aryl methyl sites for hydroxylation is 1. The van der Waals surface area contributed by atoms with Gasteiger partial charge in [0.15, 0.2) is 0 Å². The number of hydrogen-bond acceptors (Lipinski definition) is 6. The van der Waals surface area contributed by atoms with Gasteiger partial charge in [-0.1, -0.05) is 0 Å². The molecule has 1 aromatic heterocycles. The minimum absolute atomic E-state index is 0.0654. The molecule has 0 N–H and O–H groups in total. The van der Waals surface area contributed by atoms with E-state index in [1.807, 2.05) is 13.0 Å². The Morgan fingerprint density at radius 2 is 2.26 bits per heavy atom. The van der Waals surface area contributed by atoms with Gasteiger partial charge in [0.2, 0.25) is 11.8 Å². The fraction of sp³-hybridized carbons (Fsp3) is 0.600. The highest BCUT2D eigenvalue weighted by atomic mass is 16.6. The smallest absolute Gasteiger partial charge is 0.410 e. The Balaban J connectivity index is 1.54. The SMILES string of the molecule is Cc1ccc(OC2CCCN(C(=O)CN3CCOC3=O)C2)nn1. The third-order valence-corrected chi connectivity index (χ3v) is 3.96. The summed E-state index contributed by atoms with van der Waals surface area (Å²) in [5.41, 5.74) is 0.829. The van der Waals surface area contributed by atoms with E-state index in [0.29, 0.717) is 32.1 Å². The average Bonchev–Trinajstić information content (AvgIpc) is 2.95. The van der Waals surface area contributed by atoms with Crippen LogP contribution in [0.25, 0.3) is 0 Å². The van der Waals surface area contributed by atoms with Crippen LogP contribution in [0.4, 0.5) is 4.79 Å². The van der Waals surface area contributed by atoms with Crippen molar-refractivity contribution in [3.05, 3.63) is 17.8 Å². The van der Waals surface area contributed by atoms with Gasteiger partial charge in [-0.05, 0) is 25.8 Å². The van der Waals surface area contributed by atoms with Crippen LogP contribution in [-0.4, -0.2) is 70.9 Å². The molecule has 2 fully saturated rings. The number of cyclic esters (lactones) is 1. The number of piperidine rings is 1. The van der Waals surface area contributed by atoms with Gasteiger partial charge in [0, 0.05) is 12.6 Å². The molecule has 124 valence electrons. The van der Waals surface area contributed by atoms with Crippen molar-refractivity contribution < 1.29 is 19.1 Å². The maximum atomic E-state index is 12.3. The number of nitrogens with zero attached hydrogens (tertiary/aromatic N) is 4. The summed E-state index contributed by atoms with van der Waals surface area (Å²) in [6.45, 7) is 3.93. The van der Waals surface area contributed by atoms with Crippen LogP contribution < -0.4 is 4.74 Å². The highest BCUT2D eigenvalue weighted by Crippen LogP contribution is 2.17. The summed E-state index contributed by atoms with van der Waals surface area (Å²) in [6.07, 6.45) is 1.21. The van der Waals surface area contributed by atoms with Crippen molar-refractivity contribution >= 4 is 12.0 Å². The van der Waals surface area contributed by atoms with E-state index in [4.69, 9.17) is 9.47 Å². The van der Waals surface area contributed by atoms with Crippen molar-refractivity contribution in [3.8, 4) is 5.88 Å².